The molecule has 0 heterocycles. The van der Waals surface area contributed by atoms with Crippen molar-refractivity contribution in [1.29, 1.82) is 0 Å². The summed E-state index contributed by atoms with van der Waals surface area (Å²) in [6, 6.07) is 12.6. The first kappa shape index (κ1) is 15.5. The lowest BCUT2D eigenvalue weighted by molar-refractivity contribution is 0.224. The number of halogens is 1. The van der Waals surface area contributed by atoms with E-state index in [1.165, 1.54) is 6.07 Å². The van der Waals surface area contributed by atoms with Crippen LogP contribution in [0.3, 0.4) is 0 Å². The van der Waals surface area contributed by atoms with Gasteiger partial charge in [0.25, 0.3) is 0 Å². The van der Waals surface area contributed by atoms with Crippen molar-refractivity contribution < 1.29 is 14.2 Å². The molecule has 0 saturated carbocycles. The predicted octanol–water partition coefficient (Wildman–Crippen LogP) is 3.54. The third-order valence-corrected chi connectivity index (χ3v) is 3.74. The number of aryl methyl sites for hydroxylation is 1. The first-order valence-corrected chi connectivity index (χ1v) is 7.11. The highest BCUT2D eigenvalue weighted by molar-refractivity contribution is 5.30. The van der Waals surface area contributed by atoms with Crippen LogP contribution >= 0.6 is 0 Å². The molecule has 0 radical (unpaired) electrons. The maximum atomic E-state index is 13.3. The van der Waals surface area contributed by atoms with Gasteiger partial charge in [-0.2, -0.15) is 0 Å². The molecular formula is C18H21FO2. The fourth-order valence-corrected chi connectivity index (χ4v) is 2.50. The number of methoxy groups -OCH3 is 1. The van der Waals surface area contributed by atoms with Gasteiger partial charge in [-0.1, -0.05) is 18.2 Å². The largest absolute Gasteiger partial charge is 0.497 e. The summed E-state index contributed by atoms with van der Waals surface area (Å²) >= 11 is 0. The molecular weight excluding hydrogens is 267 g/mol. The van der Waals surface area contributed by atoms with Gasteiger partial charge in [-0.05, 0) is 66.6 Å². The van der Waals surface area contributed by atoms with Crippen LogP contribution < -0.4 is 4.74 Å². The van der Waals surface area contributed by atoms with Gasteiger partial charge in [-0.15, -0.1) is 0 Å². The first-order valence-electron chi connectivity index (χ1n) is 7.11. The number of rotatable bonds is 6. The highest BCUT2D eigenvalue weighted by atomic mass is 19.1. The van der Waals surface area contributed by atoms with Gasteiger partial charge in [0, 0.05) is 6.61 Å². The summed E-state index contributed by atoms with van der Waals surface area (Å²) in [7, 11) is 1.64. The molecule has 0 amide bonds. The van der Waals surface area contributed by atoms with Gasteiger partial charge in [-0.3, -0.25) is 0 Å². The van der Waals surface area contributed by atoms with Crippen LogP contribution in [0, 0.1) is 18.7 Å². The Morgan fingerprint density at radius 1 is 1.14 bits per heavy atom. The van der Waals surface area contributed by atoms with Crippen molar-refractivity contribution in [2.45, 2.75) is 19.8 Å². The topological polar surface area (TPSA) is 29.5 Å². The average Bonchev–Trinajstić information content (AvgIpc) is 2.50. The average molecular weight is 288 g/mol. The van der Waals surface area contributed by atoms with Gasteiger partial charge in [0.05, 0.1) is 7.11 Å². The monoisotopic (exact) mass is 288 g/mol. The molecule has 112 valence electrons. The Morgan fingerprint density at radius 3 is 2.67 bits per heavy atom. The summed E-state index contributed by atoms with van der Waals surface area (Å²) in [5.74, 6) is 0.650. The van der Waals surface area contributed by atoms with E-state index in [-0.39, 0.29) is 18.3 Å². The summed E-state index contributed by atoms with van der Waals surface area (Å²) in [4.78, 5) is 0. The van der Waals surface area contributed by atoms with E-state index >= 15 is 0 Å². The zero-order valence-electron chi connectivity index (χ0n) is 12.5. The van der Waals surface area contributed by atoms with Crippen LogP contribution in [-0.2, 0) is 12.8 Å². The third kappa shape index (κ3) is 4.30. The molecule has 0 spiro atoms. The zero-order chi connectivity index (χ0) is 15.2. The number of benzene rings is 2. The molecule has 0 aliphatic carbocycles. The summed E-state index contributed by atoms with van der Waals surface area (Å²) in [5.41, 5.74) is 3.12. The molecule has 1 N–H and O–H groups in total. The fourth-order valence-electron chi connectivity index (χ4n) is 2.50. The normalized spacial score (nSPS) is 12.2. The molecule has 2 nitrogen and oxygen atoms in total. The maximum Gasteiger partial charge on any atom is 0.123 e. The molecule has 0 aromatic heterocycles. The molecule has 2 rings (SSSR count). The summed E-state index contributed by atoms with van der Waals surface area (Å²) < 4.78 is 18.6. The van der Waals surface area contributed by atoms with Gasteiger partial charge in [-0.25, -0.2) is 4.39 Å². The Bertz CT molecular complexity index is 596. The van der Waals surface area contributed by atoms with Crippen LogP contribution in [0.25, 0.3) is 0 Å². The number of aliphatic hydroxyl groups excluding tert-OH is 1. The molecule has 0 aliphatic rings. The Morgan fingerprint density at radius 2 is 1.95 bits per heavy atom. The second kappa shape index (κ2) is 7.23. The van der Waals surface area contributed by atoms with Crippen molar-refractivity contribution in [1.82, 2.24) is 0 Å². The Labute approximate surface area is 125 Å². The standard InChI is InChI=1S/C18H21FO2/c1-13-6-7-17(19)11-16(13)9-15(12-20)8-14-4-3-5-18(10-14)21-2/h3-7,10-11,15,20H,8-9,12H2,1-2H3. The second-order valence-corrected chi connectivity index (χ2v) is 5.38. The van der Waals surface area contributed by atoms with E-state index in [9.17, 15) is 9.50 Å². The number of ether oxygens (including phenoxy) is 1. The van der Waals surface area contributed by atoms with Crippen LogP contribution in [0.2, 0.25) is 0 Å². The lowest BCUT2D eigenvalue weighted by Crippen LogP contribution is -2.14. The van der Waals surface area contributed by atoms with Gasteiger partial charge >= 0.3 is 0 Å². The van der Waals surface area contributed by atoms with Crippen molar-refractivity contribution in [3.8, 4) is 5.75 Å². The van der Waals surface area contributed by atoms with E-state index in [4.69, 9.17) is 4.74 Å². The smallest absolute Gasteiger partial charge is 0.123 e. The summed E-state index contributed by atoms with van der Waals surface area (Å²) in [6.45, 7) is 2.04. The van der Waals surface area contributed by atoms with E-state index < -0.39 is 0 Å². The molecule has 1 unspecified atom stereocenters. The van der Waals surface area contributed by atoms with Crippen LogP contribution in [0.4, 0.5) is 4.39 Å². The van der Waals surface area contributed by atoms with Gasteiger partial charge in [0.2, 0.25) is 0 Å². The third-order valence-electron chi connectivity index (χ3n) is 3.74. The van der Waals surface area contributed by atoms with E-state index in [2.05, 4.69) is 0 Å². The predicted molar refractivity (Wildman–Crippen MR) is 82.1 cm³/mol. The maximum absolute atomic E-state index is 13.3. The van der Waals surface area contributed by atoms with Crippen molar-refractivity contribution in [3.05, 3.63) is 65.0 Å². The lowest BCUT2D eigenvalue weighted by atomic mass is 9.91. The SMILES string of the molecule is COc1cccc(CC(CO)Cc2cc(F)ccc2C)c1. The second-order valence-electron chi connectivity index (χ2n) is 5.38. The van der Waals surface area contributed by atoms with Crippen LogP contribution in [0.1, 0.15) is 16.7 Å². The Hall–Kier alpha value is -1.87. The minimum atomic E-state index is -0.228. The summed E-state index contributed by atoms with van der Waals surface area (Å²) in [6.07, 6.45) is 1.40. The lowest BCUT2D eigenvalue weighted by Gasteiger charge is -2.16. The first-order chi connectivity index (χ1) is 10.1. The molecule has 2 aromatic carbocycles. The Balaban J connectivity index is 2.10. The van der Waals surface area contributed by atoms with Crippen LogP contribution in [0.5, 0.6) is 5.75 Å². The van der Waals surface area contributed by atoms with E-state index in [0.29, 0.717) is 6.42 Å². The van der Waals surface area contributed by atoms with E-state index in [0.717, 1.165) is 28.9 Å². The van der Waals surface area contributed by atoms with Crippen molar-refractivity contribution in [2.24, 2.45) is 5.92 Å². The van der Waals surface area contributed by atoms with Crippen molar-refractivity contribution >= 4 is 0 Å². The van der Waals surface area contributed by atoms with Crippen molar-refractivity contribution in [3.63, 3.8) is 0 Å². The number of hydrogen-bond donors (Lipinski definition) is 1. The molecule has 2 aromatic rings. The minimum Gasteiger partial charge on any atom is -0.497 e. The highest BCUT2D eigenvalue weighted by Gasteiger charge is 2.12. The molecule has 0 fully saturated rings. The molecule has 21 heavy (non-hydrogen) atoms. The van der Waals surface area contributed by atoms with E-state index in [1.54, 1.807) is 19.2 Å². The fraction of sp³-hybridized carbons (Fsp3) is 0.333. The molecule has 0 bridgehead atoms. The molecule has 1 atom stereocenters. The van der Waals surface area contributed by atoms with Gasteiger partial charge < -0.3 is 9.84 Å². The van der Waals surface area contributed by atoms with Gasteiger partial charge in [0.1, 0.15) is 11.6 Å². The Kier molecular flexibility index (Phi) is 5.34. The van der Waals surface area contributed by atoms with E-state index in [1.807, 2.05) is 31.2 Å². The molecule has 0 saturated heterocycles. The van der Waals surface area contributed by atoms with Gasteiger partial charge in [0.15, 0.2) is 0 Å². The number of aliphatic hydroxyl groups is 1. The number of hydrogen-bond acceptors (Lipinski definition) is 2. The van der Waals surface area contributed by atoms with Crippen molar-refractivity contribution in [2.75, 3.05) is 13.7 Å². The quantitative estimate of drug-likeness (QED) is 0.881. The van der Waals surface area contributed by atoms with Crippen LogP contribution in [-0.4, -0.2) is 18.8 Å². The minimum absolute atomic E-state index is 0.0672. The van der Waals surface area contributed by atoms with Crippen LogP contribution in [0.15, 0.2) is 42.5 Å². The molecule has 0 aliphatic heterocycles. The summed E-state index contributed by atoms with van der Waals surface area (Å²) in [5, 5.41) is 9.61. The highest BCUT2D eigenvalue weighted by Crippen LogP contribution is 2.20. The molecule has 3 heteroatoms. The zero-order valence-corrected chi connectivity index (χ0v) is 12.5.